The minimum absolute atomic E-state index is 0.0954. The Morgan fingerprint density at radius 2 is 2.19 bits per heavy atom. The summed E-state index contributed by atoms with van der Waals surface area (Å²) in [5.74, 6) is -0.214. The zero-order chi connectivity index (χ0) is 11.9. The van der Waals surface area contributed by atoms with Gasteiger partial charge in [-0.1, -0.05) is 24.6 Å². The van der Waals surface area contributed by atoms with Crippen molar-refractivity contribution in [2.45, 2.75) is 31.6 Å². The zero-order valence-corrected chi connectivity index (χ0v) is 11.2. The van der Waals surface area contributed by atoms with E-state index in [0.29, 0.717) is 29.3 Å². The SMILES string of the molecule is CC1(c2ccc(Br)c(Cl)c2F)CCC(=O)C1. The third-order valence-electron chi connectivity index (χ3n) is 3.23. The van der Waals surface area contributed by atoms with Crippen molar-refractivity contribution in [3.05, 3.63) is 33.0 Å². The van der Waals surface area contributed by atoms with E-state index in [0.717, 1.165) is 0 Å². The summed E-state index contributed by atoms with van der Waals surface area (Å²) in [5.41, 5.74) is 0.150. The van der Waals surface area contributed by atoms with Crippen LogP contribution in [0.4, 0.5) is 4.39 Å². The van der Waals surface area contributed by atoms with E-state index in [2.05, 4.69) is 15.9 Å². The molecule has 16 heavy (non-hydrogen) atoms. The monoisotopic (exact) mass is 304 g/mol. The molecule has 2 rings (SSSR count). The molecular weight excluding hydrogens is 294 g/mol. The molecular formula is C12H11BrClFO. The first-order chi connectivity index (χ1) is 7.44. The lowest BCUT2D eigenvalue weighted by molar-refractivity contribution is -0.117. The van der Waals surface area contributed by atoms with Crippen LogP contribution in [-0.2, 0) is 10.2 Å². The van der Waals surface area contributed by atoms with Gasteiger partial charge in [0.1, 0.15) is 11.6 Å². The van der Waals surface area contributed by atoms with Crippen molar-refractivity contribution < 1.29 is 9.18 Å². The largest absolute Gasteiger partial charge is 0.300 e. The van der Waals surface area contributed by atoms with Gasteiger partial charge in [-0.05, 0) is 34.0 Å². The van der Waals surface area contributed by atoms with Gasteiger partial charge in [0.2, 0.25) is 0 Å². The van der Waals surface area contributed by atoms with Crippen LogP contribution in [0.5, 0.6) is 0 Å². The van der Waals surface area contributed by atoms with Crippen LogP contribution in [0.15, 0.2) is 16.6 Å². The topological polar surface area (TPSA) is 17.1 Å². The smallest absolute Gasteiger partial charge is 0.146 e. The lowest BCUT2D eigenvalue weighted by Gasteiger charge is -2.24. The third kappa shape index (κ3) is 1.91. The molecule has 1 aliphatic carbocycles. The quantitative estimate of drug-likeness (QED) is 0.709. The highest BCUT2D eigenvalue weighted by Gasteiger charge is 2.38. The summed E-state index contributed by atoms with van der Waals surface area (Å²) >= 11 is 9.03. The second-order valence-electron chi connectivity index (χ2n) is 4.50. The highest BCUT2D eigenvalue weighted by molar-refractivity contribution is 9.10. The van der Waals surface area contributed by atoms with E-state index in [1.807, 2.05) is 6.92 Å². The molecule has 0 aliphatic heterocycles. The minimum atomic E-state index is -0.409. The van der Waals surface area contributed by atoms with Crippen molar-refractivity contribution >= 4 is 33.3 Å². The molecule has 0 aromatic heterocycles. The summed E-state index contributed by atoms with van der Waals surface area (Å²) in [6.45, 7) is 1.92. The molecule has 0 radical (unpaired) electrons. The average molecular weight is 306 g/mol. The summed E-state index contributed by atoms with van der Waals surface area (Å²) in [6, 6.07) is 3.44. The van der Waals surface area contributed by atoms with E-state index < -0.39 is 11.2 Å². The average Bonchev–Trinajstić information content (AvgIpc) is 2.56. The van der Waals surface area contributed by atoms with Crippen molar-refractivity contribution in [1.29, 1.82) is 0 Å². The van der Waals surface area contributed by atoms with Crippen molar-refractivity contribution in [2.75, 3.05) is 0 Å². The molecule has 0 saturated heterocycles. The van der Waals surface area contributed by atoms with E-state index >= 15 is 0 Å². The number of halogens is 3. The maximum Gasteiger partial charge on any atom is 0.146 e. The number of carbonyl (C=O) groups is 1. The fraction of sp³-hybridized carbons (Fsp3) is 0.417. The van der Waals surface area contributed by atoms with Crippen LogP contribution in [0.25, 0.3) is 0 Å². The first kappa shape index (κ1) is 12.1. The predicted octanol–water partition coefficient (Wildman–Crippen LogP) is 4.25. The second-order valence-corrected chi connectivity index (χ2v) is 5.73. The summed E-state index contributed by atoms with van der Waals surface area (Å²) in [5, 5.41) is 0.0954. The van der Waals surface area contributed by atoms with Crippen LogP contribution in [-0.4, -0.2) is 5.78 Å². The second kappa shape index (κ2) is 4.11. The molecule has 1 saturated carbocycles. The first-order valence-corrected chi connectivity index (χ1v) is 6.27. The molecule has 1 aliphatic rings. The Morgan fingerprint density at radius 1 is 1.50 bits per heavy atom. The molecule has 0 bridgehead atoms. The zero-order valence-electron chi connectivity index (χ0n) is 8.82. The molecule has 4 heteroatoms. The molecule has 0 N–H and O–H groups in total. The molecule has 1 atom stereocenters. The van der Waals surface area contributed by atoms with Crippen LogP contribution < -0.4 is 0 Å². The number of hydrogen-bond donors (Lipinski definition) is 0. The van der Waals surface area contributed by atoms with Gasteiger partial charge in [0.25, 0.3) is 0 Å². The van der Waals surface area contributed by atoms with Gasteiger partial charge >= 0.3 is 0 Å². The Balaban J connectivity index is 2.49. The third-order valence-corrected chi connectivity index (χ3v) is 4.49. The van der Waals surface area contributed by atoms with Crippen molar-refractivity contribution in [3.8, 4) is 0 Å². The number of carbonyl (C=O) groups excluding carboxylic acids is 1. The molecule has 1 aromatic carbocycles. The van der Waals surface area contributed by atoms with Crippen LogP contribution in [0.2, 0.25) is 5.02 Å². The van der Waals surface area contributed by atoms with Crippen molar-refractivity contribution in [1.82, 2.24) is 0 Å². The summed E-state index contributed by atoms with van der Waals surface area (Å²) in [7, 11) is 0. The fourth-order valence-corrected chi connectivity index (χ4v) is 2.72. The van der Waals surface area contributed by atoms with Crippen LogP contribution in [0.1, 0.15) is 31.7 Å². The number of rotatable bonds is 1. The highest BCUT2D eigenvalue weighted by atomic mass is 79.9. The lowest BCUT2D eigenvalue weighted by Crippen LogP contribution is -2.19. The first-order valence-electron chi connectivity index (χ1n) is 5.10. The molecule has 1 aromatic rings. The van der Waals surface area contributed by atoms with E-state index in [-0.39, 0.29) is 10.8 Å². The van der Waals surface area contributed by atoms with E-state index in [4.69, 9.17) is 11.6 Å². The number of benzene rings is 1. The van der Waals surface area contributed by atoms with Crippen LogP contribution >= 0.6 is 27.5 Å². The molecule has 0 heterocycles. The summed E-state index contributed by atoms with van der Waals surface area (Å²) in [6.07, 6.45) is 1.63. The summed E-state index contributed by atoms with van der Waals surface area (Å²) in [4.78, 5) is 11.3. The van der Waals surface area contributed by atoms with E-state index in [9.17, 15) is 9.18 Å². The van der Waals surface area contributed by atoms with Gasteiger partial charge in [0, 0.05) is 22.7 Å². The minimum Gasteiger partial charge on any atom is -0.300 e. The summed E-state index contributed by atoms with van der Waals surface area (Å²) < 4.78 is 14.6. The molecule has 86 valence electrons. The fourth-order valence-electron chi connectivity index (χ4n) is 2.25. The predicted molar refractivity (Wildman–Crippen MR) is 65.3 cm³/mol. The Bertz CT molecular complexity index is 461. The highest BCUT2D eigenvalue weighted by Crippen LogP contribution is 2.42. The molecule has 1 nitrogen and oxygen atoms in total. The van der Waals surface area contributed by atoms with Gasteiger partial charge < -0.3 is 0 Å². The normalized spacial score (nSPS) is 25.1. The maximum atomic E-state index is 14.0. The van der Waals surface area contributed by atoms with E-state index in [1.54, 1.807) is 12.1 Å². The van der Waals surface area contributed by atoms with Gasteiger partial charge in [-0.2, -0.15) is 0 Å². The lowest BCUT2D eigenvalue weighted by atomic mass is 9.81. The Morgan fingerprint density at radius 3 is 2.75 bits per heavy atom. The van der Waals surface area contributed by atoms with Gasteiger partial charge in [-0.3, -0.25) is 4.79 Å². The van der Waals surface area contributed by atoms with Crippen LogP contribution in [0, 0.1) is 5.82 Å². The number of ketones is 1. The molecule has 0 spiro atoms. The number of Topliss-reactive ketones (excluding diaryl/α,β-unsaturated/α-hetero) is 1. The molecule has 0 amide bonds. The van der Waals surface area contributed by atoms with Crippen molar-refractivity contribution in [3.63, 3.8) is 0 Å². The number of hydrogen-bond acceptors (Lipinski definition) is 1. The standard InChI is InChI=1S/C12H11BrClFO/c1-12(5-4-7(16)6-12)8-2-3-9(13)10(14)11(8)15/h2-3H,4-6H2,1H3. The van der Waals surface area contributed by atoms with E-state index in [1.165, 1.54) is 0 Å². The van der Waals surface area contributed by atoms with Crippen molar-refractivity contribution in [2.24, 2.45) is 0 Å². The van der Waals surface area contributed by atoms with Crippen LogP contribution in [0.3, 0.4) is 0 Å². The Kier molecular flexibility index (Phi) is 3.10. The molecule has 1 fully saturated rings. The molecule has 1 unspecified atom stereocenters. The van der Waals surface area contributed by atoms with Gasteiger partial charge in [0.05, 0.1) is 5.02 Å². The Labute approximate surface area is 107 Å². The maximum absolute atomic E-state index is 14.0. The Hall–Kier alpha value is -0.410. The van der Waals surface area contributed by atoms with Gasteiger partial charge in [-0.15, -0.1) is 0 Å². The van der Waals surface area contributed by atoms with Gasteiger partial charge in [-0.25, -0.2) is 4.39 Å². The van der Waals surface area contributed by atoms with Gasteiger partial charge in [0.15, 0.2) is 0 Å².